The predicted octanol–water partition coefficient (Wildman–Crippen LogP) is 4.53. The summed E-state index contributed by atoms with van der Waals surface area (Å²) < 4.78 is 23.9. The van der Waals surface area contributed by atoms with Gasteiger partial charge in [0.2, 0.25) is 10.0 Å². The first kappa shape index (κ1) is 18.5. The van der Waals surface area contributed by atoms with E-state index in [0.29, 0.717) is 20.9 Å². The molecule has 0 aliphatic carbocycles. The largest absolute Gasteiger partial charge is 0.363 e. The second kappa shape index (κ2) is 6.95. The Bertz CT molecular complexity index is 1110. The maximum atomic E-state index is 11.9. The fraction of sp³-hybridized carbons (Fsp3) is 0.211. The van der Waals surface area contributed by atoms with Gasteiger partial charge in [-0.15, -0.1) is 0 Å². The molecule has 2 aromatic carbocycles. The van der Waals surface area contributed by atoms with Gasteiger partial charge in [-0.1, -0.05) is 23.2 Å². The number of hydrogen-bond donors (Lipinski definition) is 1. The van der Waals surface area contributed by atoms with Crippen molar-refractivity contribution in [1.82, 2.24) is 4.98 Å². The van der Waals surface area contributed by atoms with Crippen LogP contribution in [0.2, 0.25) is 10.0 Å². The Hall–Kier alpha value is -1.86. The van der Waals surface area contributed by atoms with Gasteiger partial charge in [-0.3, -0.25) is 4.98 Å². The van der Waals surface area contributed by atoms with Gasteiger partial charge >= 0.3 is 0 Å². The van der Waals surface area contributed by atoms with E-state index in [-0.39, 0.29) is 10.9 Å². The number of halogens is 2. The topological polar surface area (TPSA) is 76.3 Å². The van der Waals surface area contributed by atoms with E-state index in [1.807, 2.05) is 12.1 Å². The molecule has 8 heteroatoms. The van der Waals surface area contributed by atoms with Crippen LogP contribution in [0.15, 0.2) is 53.6 Å². The van der Waals surface area contributed by atoms with Crippen molar-refractivity contribution in [2.45, 2.75) is 23.8 Å². The standard InChI is InChI=1S/C19H17Cl2N3O2S/c20-13-9-12(10-14(21)11-13)16-4-2-8-24(16)17-5-6-18(27(22,25)26)15-3-1-7-23-19(15)17/h1,3,5-7,9-11,16H,2,4,8H2,(H2,22,25,26). The van der Waals surface area contributed by atoms with Gasteiger partial charge < -0.3 is 4.90 Å². The Morgan fingerprint density at radius 2 is 1.85 bits per heavy atom. The molecule has 0 amide bonds. The number of fused-ring (bicyclic) bond motifs is 1. The number of hydrogen-bond acceptors (Lipinski definition) is 4. The summed E-state index contributed by atoms with van der Waals surface area (Å²) in [6.45, 7) is 0.829. The van der Waals surface area contributed by atoms with Crippen molar-refractivity contribution in [3.63, 3.8) is 0 Å². The van der Waals surface area contributed by atoms with Crippen molar-refractivity contribution >= 4 is 49.8 Å². The van der Waals surface area contributed by atoms with Crippen LogP contribution in [0.3, 0.4) is 0 Å². The molecule has 3 aromatic rings. The molecule has 2 heterocycles. The van der Waals surface area contributed by atoms with E-state index < -0.39 is 10.0 Å². The number of nitrogens with zero attached hydrogens (tertiary/aromatic N) is 2. The lowest BCUT2D eigenvalue weighted by Crippen LogP contribution is -2.23. The van der Waals surface area contributed by atoms with Crippen LogP contribution in [0.5, 0.6) is 0 Å². The van der Waals surface area contributed by atoms with E-state index in [2.05, 4.69) is 9.88 Å². The van der Waals surface area contributed by atoms with Gasteiger partial charge in [-0.05, 0) is 60.9 Å². The molecular formula is C19H17Cl2N3O2S. The molecule has 1 aliphatic rings. The first-order valence-corrected chi connectivity index (χ1v) is 10.8. The SMILES string of the molecule is NS(=O)(=O)c1ccc(N2CCCC2c2cc(Cl)cc(Cl)c2)c2ncccc12. The van der Waals surface area contributed by atoms with Crippen LogP contribution in [0.4, 0.5) is 5.69 Å². The highest BCUT2D eigenvalue weighted by molar-refractivity contribution is 7.89. The average molecular weight is 422 g/mol. The number of rotatable bonds is 3. The summed E-state index contributed by atoms with van der Waals surface area (Å²) in [6, 6.07) is 12.4. The fourth-order valence-electron chi connectivity index (χ4n) is 3.78. The number of primary sulfonamides is 1. The molecule has 1 saturated heterocycles. The van der Waals surface area contributed by atoms with Crippen molar-refractivity contribution < 1.29 is 8.42 Å². The van der Waals surface area contributed by atoms with Gasteiger partial charge in [0, 0.05) is 28.2 Å². The van der Waals surface area contributed by atoms with Crippen LogP contribution in [-0.4, -0.2) is 19.9 Å². The summed E-state index contributed by atoms with van der Waals surface area (Å²) in [5.41, 5.74) is 2.52. The van der Waals surface area contributed by atoms with Crippen LogP contribution in [-0.2, 0) is 10.0 Å². The van der Waals surface area contributed by atoms with Crippen LogP contribution in [0.1, 0.15) is 24.4 Å². The molecule has 1 atom stereocenters. The van der Waals surface area contributed by atoms with Gasteiger partial charge in [0.1, 0.15) is 0 Å². The van der Waals surface area contributed by atoms with Crippen molar-refractivity contribution in [2.24, 2.45) is 5.14 Å². The first-order chi connectivity index (χ1) is 12.8. The fourth-order valence-corrected chi connectivity index (χ4v) is 5.05. The lowest BCUT2D eigenvalue weighted by molar-refractivity contribution is 0.598. The highest BCUT2D eigenvalue weighted by atomic mass is 35.5. The summed E-state index contributed by atoms with van der Waals surface area (Å²) in [4.78, 5) is 6.76. The molecule has 4 rings (SSSR count). The van der Waals surface area contributed by atoms with Gasteiger partial charge in [-0.2, -0.15) is 0 Å². The van der Waals surface area contributed by atoms with Crippen LogP contribution < -0.4 is 10.0 Å². The van der Waals surface area contributed by atoms with E-state index in [9.17, 15) is 8.42 Å². The molecule has 2 N–H and O–H groups in total. The molecule has 0 bridgehead atoms. The van der Waals surface area contributed by atoms with Crippen molar-refractivity contribution in [3.05, 3.63) is 64.3 Å². The third kappa shape index (κ3) is 3.50. The molecule has 0 radical (unpaired) electrons. The van der Waals surface area contributed by atoms with Crippen LogP contribution in [0, 0.1) is 0 Å². The number of aromatic nitrogens is 1. The lowest BCUT2D eigenvalue weighted by atomic mass is 10.0. The predicted molar refractivity (Wildman–Crippen MR) is 109 cm³/mol. The molecule has 1 unspecified atom stereocenters. The third-order valence-electron chi connectivity index (χ3n) is 4.85. The van der Waals surface area contributed by atoms with Gasteiger partial charge in [-0.25, -0.2) is 13.6 Å². The van der Waals surface area contributed by atoms with E-state index in [1.54, 1.807) is 36.5 Å². The number of nitrogens with two attached hydrogens (primary N) is 1. The smallest absolute Gasteiger partial charge is 0.238 e. The normalized spacial score (nSPS) is 17.6. The molecule has 27 heavy (non-hydrogen) atoms. The number of pyridine rings is 1. The van der Waals surface area contributed by atoms with E-state index in [4.69, 9.17) is 28.3 Å². The summed E-state index contributed by atoms with van der Waals surface area (Å²) in [6.07, 6.45) is 3.60. The van der Waals surface area contributed by atoms with Gasteiger partial charge in [0.15, 0.2) is 0 Å². The highest BCUT2D eigenvalue weighted by Gasteiger charge is 2.29. The molecule has 1 aliphatic heterocycles. The Balaban J connectivity index is 1.87. The summed E-state index contributed by atoms with van der Waals surface area (Å²) in [5.74, 6) is 0. The molecule has 1 fully saturated rings. The monoisotopic (exact) mass is 421 g/mol. The van der Waals surface area contributed by atoms with E-state index in [1.165, 1.54) is 0 Å². The molecule has 1 aromatic heterocycles. The van der Waals surface area contributed by atoms with E-state index in [0.717, 1.165) is 30.6 Å². The van der Waals surface area contributed by atoms with E-state index >= 15 is 0 Å². The second-order valence-electron chi connectivity index (χ2n) is 6.58. The minimum Gasteiger partial charge on any atom is -0.363 e. The van der Waals surface area contributed by atoms with Crippen molar-refractivity contribution in [2.75, 3.05) is 11.4 Å². The molecule has 140 valence electrons. The minimum absolute atomic E-state index is 0.0795. The lowest BCUT2D eigenvalue weighted by Gasteiger charge is -2.28. The zero-order valence-electron chi connectivity index (χ0n) is 14.3. The Kier molecular flexibility index (Phi) is 4.76. The Morgan fingerprint density at radius 1 is 1.11 bits per heavy atom. The summed E-state index contributed by atoms with van der Waals surface area (Å²) in [7, 11) is -3.84. The maximum Gasteiger partial charge on any atom is 0.238 e. The van der Waals surface area contributed by atoms with Crippen molar-refractivity contribution in [3.8, 4) is 0 Å². The first-order valence-electron chi connectivity index (χ1n) is 8.48. The number of anilines is 1. The maximum absolute atomic E-state index is 11.9. The van der Waals surface area contributed by atoms with Crippen LogP contribution >= 0.6 is 23.2 Å². The summed E-state index contributed by atoms with van der Waals surface area (Å²) in [5, 5.41) is 7.09. The summed E-state index contributed by atoms with van der Waals surface area (Å²) >= 11 is 12.4. The Morgan fingerprint density at radius 3 is 2.56 bits per heavy atom. The highest BCUT2D eigenvalue weighted by Crippen LogP contribution is 2.41. The third-order valence-corrected chi connectivity index (χ3v) is 6.25. The molecule has 0 spiro atoms. The molecule has 5 nitrogen and oxygen atoms in total. The average Bonchev–Trinajstić information content (AvgIpc) is 3.08. The van der Waals surface area contributed by atoms with Crippen molar-refractivity contribution in [1.29, 1.82) is 0 Å². The van der Waals surface area contributed by atoms with Gasteiger partial charge in [0.25, 0.3) is 0 Å². The second-order valence-corrected chi connectivity index (χ2v) is 8.98. The minimum atomic E-state index is -3.84. The Labute approximate surface area is 167 Å². The van der Waals surface area contributed by atoms with Crippen LogP contribution in [0.25, 0.3) is 10.9 Å². The zero-order valence-corrected chi connectivity index (χ0v) is 16.6. The van der Waals surface area contributed by atoms with Gasteiger partial charge in [0.05, 0.1) is 22.1 Å². The molecular weight excluding hydrogens is 405 g/mol. The molecule has 0 saturated carbocycles. The quantitative estimate of drug-likeness (QED) is 0.673. The number of benzene rings is 2. The number of sulfonamides is 1. The zero-order chi connectivity index (χ0) is 19.2.